The number of nitrogens with zero attached hydrogens (tertiary/aromatic N) is 2. The summed E-state index contributed by atoms with van der Waals surface area (Å²) in [5.41, 5.74) is 7.07. The lowest BCUT2D eigenvalue weighted by Crippen LogP contribution is -2.37. The lowest BCUT2D eigenvalue weighted by atomic mass is 10.2. The molecule has 1 aliphatic rings. The van der Waals surface area contributed by atoms with Crippen molar-refractivity contribution in [2.75, 3.05) is 23.7 Å². The number of nitrogens with two attached hydrogens (primary N) is 1. The topological polar surface area (TPSA) is 66.0 Å². The second-order valence-electron chi connectivity index (χ2n) is 4.16. The van der Waals surface area contributed by atoms with Crippen molar-refractivity contribution in [1.82, 2.24) is 4.98 Å². The third-order valence-electron chi connectivity index (χ3n) is 2.98. The summed E-state index contributed by atoms with van der Waals surface area (Å²) in [7, 11) is 0. The Morgan fingerprint density at radius 2 is 2.47 bits per heavy atom. The van der Waals surface area contributed by atoms with Crippen LogP contribution in [0.15, 0.2) is 18.3 Å². The molecule has 1 saturated heterocycles. The van der Waals surface area contributed by atoms with Crippen LogP contribution in [0.4, 0.5) is 5.69 Å². The highest BCUT2D eigenvalue weighted by atomic mass is 32.2. The standard InChI is InChI=1S/C12H18N4S/c1-2-10-8-16(5-6-17-10)9-3-4-11(12(13)14)15-7-9/h3-4,7,10H,2,5-6,8H2,1H3,(H3,13,14). The summed E-state index contributed by atoms with van der Waals surface area (Å²) in [5, 5.41) is 8.03. The van der Waals surface area contributed by atoms with Gasteiger partial charge in [0, 0.05) is 24.1 Å². The molecule has 1 aromatic heterocycles. The fourth-order valence-corrected chi connectivity index (χ4v) is 3.11. The van der Waals surface area contributed by atoms with Gasteiger partial charge in [-0.05, 0) is 18.6 Å². The second kappa shape index (κ2) is 5.40. The predicted molar refractivity (Wildman–Crippen MR) is 74.0 cm³/mol. The summed E-state index contributed by atoms with van der Waals surface area (Å²) in [6.45, 7) is 4.39. The van der Waals surface area contributed by atoms with Gasteiger partial charge in [-0.25, -0.2) is 0 Å². The SMILES string of the molecule is CCC1CN(c2ccc(C(=N)N)nc2)CCS1. The number of amidine groups is 1. The summed E-state index contributed by atoms with van der Waals surface area (Å²) < 4.78 is 0. The molecule has 1 fully saturated rings. The van der Waals surface area contributed by atoms with E-state index >= 15 is 0 Å². The van der Waals surface area contributed by atoms with E-state index in [0.29, 0.717) is 5.69 Å². The lowest BCUT2D eigenvalue weighted by Gasteiger charge is -2.33. The maximum atomic E-state index is 7.31. The molecule has 1 aliphatic heterocycles. The van der Waals surface area contributed by atoms with Crippen molar-refractivity contribution in [3.63, 3.8) is 0 Å². The van der Waals surface area contributed by atoms with Crippen LogP contribution in [0.1, 0.15) is 19.0 Å². The van der Waals surface area contributed by atoms with Crippen molar-refractivity contribution in [2.24, 2.45) is 5.73 Å². The smallest absolute Gasteiger partial charge is 0.141 e. The van der Waals surface area contributed by atoms with Crippen molar-refractivity contribution in [2.45, 2.75) is 18.6 Å². The Morgan fingerprint density at radius 3 is 3.06 bits per heavy atom. The van der Waals surface area contributed by atoms with Gasteiger partial charge in [0.05, 0.1) is 11.9 Å². The van der Waals surface area contributed by atoms with Gasteiger partial charge in [0.25, 0.3) is 0 Å². The van der Waals surface area contributed by atoms with Crippen LogP contribution >= 0.6 is 11.8 Å². The summed E-state index contributed by atoms with van der Waals surface area (Å²) in [5.74, 6) is 1.20. The Labute approximate surface area is 106 Å². The number of rotatable bonds is 3. The molecule has 3 N–H and O–H groups in total. The Balaban J connectivity index is 2.08. The molecule has 2 rings (SSSR count). The fourth-order valence-electron chi connectivity index (χ4n) is 1.93. The van der Waals surface area contributed by atoms with Crippen molar-refractivity contribution < 1.29 is 0 Å². The van der Waals surface area contributed by atoms with Crippen LogP contribution in [-0.4, -0.2) is 34.9 Å². The van der Waals surface area contributed by atoms with E-state index in [4.69, 9.17) is 11.1 Å². The van der Waals surface area contributed by atoms with Gasteiger partial charge in [0.2, 0.25) is 0 Å². The van der Waals surface area contributed by atoms with Crippen LogP contribution in [0, 0.1) is 5.41 Å². The van der Waals surface area contributed by atoms with Gasteiger partial charge < -0.3 is 10.6 Å². The fraction of sp³-hybridized carbons (Fsp3) is 0.500. The molecule has 92 valence electrons. The molecule has 1 aromatic rings. The third kappa shape index (κ3) is 2.91. The van der Waals surface area contributed by atoms with Crippen molar-refractivity contribution in [3.8, 4) is 0 Å². The zero-order valence-corrected chi connectivity index (χ0v) is 10.8. The summed E-state index contributed by atoms with van der Waals surface area (Å²) in [6, 6.07) is 3.83. The zero-order chi connectivity index (χ0) is 12.3. The van der Waals surface area contributed by atoms with Crippen LogP contribution < -0.4 is 10.6 Å². The van der Waals surface area contributed by atoms with E-state index in [1.54, 1.807) is 0 Å². The minimum Gasteiger partial charge on any atom is -0.382 e. The number of nitrogens with one attached hydrogen (secondary N) is 1. The molecule has 2 heterocycles. The molecule has 0 bridgehead atoms. The molecule has 0 aliphatic carbocycles. The van der Waals surface area contributed by atoms with Gasteiger partial charge >= 0.3 is 0 Å². The van der Waals surface area contributed by atoms with Crippen molar-refractivity contribution >= 4 is 23.3 Å². The lowest BCUT2D eigenvalue weighted by molar-refractivity contribution is 0.727. The van der Waals surface area contributed by atoms with E-state index in [1.807, 2.05) is 18.3 Å². The first-order chi connectivity index (χ1) is 8.20. The molecule has 0 saturated carbocycles. The molecule has 17 heavy (non-hydrogen) atoms. The molecule has 0 radical (unpaired) electrons. The maximum Gasteiger partial charge on any atom is 0.141 e. The van der Waals surface area contributed by atoms with Gasteiger partial charge in [0.1, 0.15) is 11.5 Å². The summed E-state index contributed by atoms with van der Waals surface area (Å²) >= 11 is 2.05. The summed E-state index contributed by atoms with van der Waals surface area (Å²) in [6.07, 6.45) is 3.03. The van der Waals surface area contributed by atoms with Crippen LogP contribution in [0.3, 0.4) is 0 Å². The van der Waals surface area contributed by atoms with Gasteiger partial charge in [-0.3, -0.25) is 10.4 Å². The monoisotopic (exact) mass is 250 g/mol. The Morgan fingerprint density at radius 1 is 1.65 bits per heavy atom. The number of thioether (sulfide) groups is 1. The van der Waals surface area contributed by atoms with Crippen molar-refractivity contribution in [3.05, 3.63) is 24.0 Å². The molecular weight excluding hydrogens is 232 g/mol. The Hall–Kier alpha value is -1.23. The average molecular weight is 250 g/mol. The van der Waals surface area contributed by atoms with E-state index < -0.39 is 0 Å². The second-order valence-corrected chi connectivity index (χ2v) is 5.57. The van der Waals surface area contributed by atoms with Crippen molar-refractivity contribution in [1.29, 1.82) is 5.41 Å². The number of aromatic nitrogens is 1. The quantitative estimate of drug-likeness (QED) is 0.633. The first-order valence-electron chi connectivity index (χ1n) is 5.87. The molecular formula is C12H18N4S. The first kappa shape index (κ1) is 12.2. The number of pyridine rings is 1. The molecule has 1 unspecified atom stereocenters. The van der Waals surface area contributed by atoms with Crippen LogP contribution in [0.2, 0.25) is 0 Å². The van der Waals surface area contributed by atoms with Gasteiger partial charge in [-0.2, -0.15) is 11.8 Å². The molecule has 0 spiro atoms. The number of hydrogen-bond acceptors (Lipinski definition) is 4. The maximum absolute atomic E-state index is 7.31. The third-order valence-corrected chi connectivity index (χ3v) is 4.36. The molecule has 0 amide bonds. The first-order valence-corrected chi connectivity index (χ1v) is 6.92. The van der Waals surface area contributed by atoms with Gasteiger partial charge in [-0.15, -0.1) is 0 Å². The largest absolute Gasteiger partial charge is 0.382 e. The molecule has 0 aromatic carbocycles. The normalized spacial score (nSPS) is 20.3. The number of anilines is 1. The van der Waals surface area contributed by atoms with Gasteiger partial charge in [-0.1, -0.05) is 6.92 Å². The molecule has 1 atom stereocenters. The minimum atomic E-state index is 0.0252. The predicted octanol–water partition coefficient (Wildman–Crippen LogP) is 1.70. The minimum absolute atomic E-state index is 0.0252. The Bertz CT molecular complexity index is 390. The molecule has 4 nitrogen and oxygen atoms in total. The van der Waals surface area contributed by atoms with Crippen LogP contribution in [0.25, 0.3) is 0 Å². The average Bonchev–Trinajstić information content (AvgIpc) is 2.39. The van der Waals surface area contributed by atoms with E-state index in [1.165, 1.54) is 12.2 Å². The van der Waals surface area contributed by atoms with E-state index in [9.17, 15) is 0 Å². The van der Waals surface area contributed by atoms with E-state index in [0.717, 1.165) is 24.0 Å². The van der Waals surface area contributed by atoms with Gasteiger partial charge in [0.15, 0.2) is 0 Å². The zero-order valence-electron chi connectivity index (χ0n) is 10.0. The highest BCUT2D eigenvalue weighted by Gasteiger charge is 2.19. The number of nitrogen functional groups attached to an aromatic ring is 1. The van der Waals surface area contributed by atoms with Crippen LogP contribution in [-0.2, 0) is 0 Å². The van der Waals surface area contributed by atoms with Crippen LogP contribution in [0.5, 0.6) is 0 Å². The highest BCUT2D eigenvalue weighted by molar-refractivity contribution is 8.00. The number of hydrogen-bond donors (Lipinski definition) is 2. The van der Waals surface area contributed by atoms with E-state index in [2.05, 4.69) is 28.6 Å². The molecule has 5 heteroatoms. The summed E-state index contributed by atoms with van der Waals surface area (Å²) in [4.78, 5) is 6.57. The Kier molecular flexibility index (Phi) is 3.89. The highest BCUT2D eigenvalue weighted by Crippen LogP contribution is 2.25. The van der Waals surface area contributed by atoms with E-state index in [-0.39, 0.29) is 5.84 Å².